The molecule has 8 nitrogen and oxygen atoms in total. The van der Waals surface area contributed by atoms with Gasteiger partial charge in [-0.15, -0.1) is 0 Å². The van der Waals surface area contributed by atoms with E-state index in [4.69, 9.17) is 0 Å². The second kappa shape index (κ2) is 7.22. The van der Waals surface area contributed by atoms with Gasteiger partial charge in [0.15, 0.2) is 0 Å². The van der Waals surface area contributed by atoms with Gasteiger partial charge in [0, 0.05) is 25.3 Å². The molecule has 114 valence electrons. The number of nitro benzene ring substituents is 1. The second-order valence-corrected chi connectivity index (χ2v) is 4.33. The number of nitrogens with one attached hydrogen (secondary N) is 3. The maximum Gasteiger partial charge on any atom is 0.282 e. The van der Waals surface area contributed by atoms with Crippen molar-refractivity contribution in [2.45, 2.75) is 19.9 Å². The Hall–Kier alpha value is -2.64. The number of carbonyl (C=O) groups excluding carboxylic acids is 2. The van der Waals surface area contributed by atoms with Crippen molar-refractivity contribution in [1.29, 1.82) is 0 Å². The first kappa shape index (κ1) is 16.4. The lowest BCUT2D eigenvalue weighted by Gasteiger charge is -2.13. The number of rotatable bonds is 6. The summed E-state index contributed by atoms with van der Waals surface area (Å²) < 4.78 is 0. The summed E-state index contributed by atoms with van der Waals surface area (Å²) in [6.07, 6.45) is 0. The maximum absolute atomic E-state index is 12.1. The van der Waals surface area contributed by atoms with E-state index in [9.17, 15) is 19.7 Å². The van der Waals surface area contributed by atoms with Crippen molar-refractivity contribution in [1.82, 2.24) is 10.6 Å². The van der Waals surface area contributed by atoms with Crippen LogP contribution in [0.1, 0.15) is 24.2 Å². The molecule has 8 heteroatoms. The summed E-state index contributed by atoms with van der Waals surface area (Å²) in [5.74, 6) is -1.02. The van der Waals surface area contributed by atoms with Crippen LogP contribution in [0.15, 0.2) is 18.2 Å². The van der Waals surface area contributed by atoms with E-state index in [1.54, 1.807) is 14.0 Å². The van der Waals surface area contributed by atoms with Gasteiger partial charge in [-0.3, -0.25) is 19.7 Å². The van der Waals surface area contributed by atoms with Crippen LogP contribution in [0.5, 0.6) is 0 Å². The van der Waals surface area contributed by atoms with Crippen LogP contribution in [-0.4, -0.2) is 36.4 Å². The molecule has 21 heavy (non-hydrogen) atoms. The van der Waals surface area contributed by atoms with E-state index in [1.165, 1.54) is 25.1 Å². The first-order chi connectivity index (χ1) is 9.90. The van der Waals surface area contributed by atoms with E-state index in [0.29, 0.717) is 12.2 Å². The number of carbonyl (C=O) groups is 2. The maximum atomic E-state index is 12.1. The summed E-state index contributed by atoms with van der Waals surface area (Å²) in [7, 11) is 1.64. The van der Waals surface area contributed by atoms with E-state index in [1.807, 2.05) is 0 Å². The first-order valence-electron chi connectivity index (χ1n) is 6.45. The van der Waals surface area contributed by atoms with E-state index in [-0.39, 0.29) is 17.2 Å². The first-order valence-corrected chi connectivity index (χ1v) is 6.45. The molecular formula is C13H18N4O4. The Bertz CT molecular complexity index is 559. The highest BCUT2D eigenvalue weighted by Gasteiger charge is 2.23. The van der Waals surface area contributed by atoms with Gasteiger partial charge in [0.25, 0.3) is 11.6 Å². The van der Waals surface area contributed by atoms with Gasteiger partial charge in [-0.05, 0) is 26.0 Å². The summed E-state index contributed by atoms with van der Waals surface area (Å²) in [6, 6.07) is 3.34. The monoisotopic (exact) mass is 294 g/mol. The number of nitro groups is 1. The summed E-state index contributed by atoms with van der Waals surface area (Å²) in [4.78, 5) is 34.1. The minimum absolute atomic E-state index is 0.0944. The second-order valence-electron chi connectivity index (χ2n) is 4.33. The summed E-state index contributed by atoms with van der Waals surface area (Å²) in [5.41, 5.74) is 0.161. The molecule has 0 bridgehead atoms. The molecule has 1 aromatic rings. The van der Waals surface area contributed by atoms with Gasteiger partial charge >= 0.3 is 0 Å². The van der Waals surface area contributed by atoms with Crippen molar-refractivity contribution in [3.05, 3.63) is 33.9 Å². The molecule has 1 unspecified atom stereocenters. The fourth-order valence-corrected chi connectivity index (χ4v) is 1.70. The molecule has 0 heterocycles. The van der Waals surface area contributed by atoms with Gasteiger partial charge in [0.2, 0.25) is 5.91 Å². The number of benzene rings is 1. The van der Waals surface area contributed by atoms with Crippen LogP contribution >= 0.6 is 0 Å². The van der Waals surface area contributed by atoms with Gasteiger partial charge in [0.05, 0.1) is 4.92 Å². The smallest absolute Gasteiger partial charge is 0.282 e. The fraction of sp³-hybridized carbons (Fsp3) is 0.385. The lowest BCUT2D eigenvalue weighted by molar-refractivity contribution is -0.385. The van der Waals surface area contributed by atoms with Crippen molar-refractivity contribution >= 4 is 23.2 Å². The van der Waals surface area contributed by atoms with Gasteiger partial charge < -0.3 is 16.0 Å². The number of amides is 2. The molecule has 1 atom stereocenters. The van der Waals surface area contributed by atoms with Crippen LogP contribution in [0.4, 0.5) is 11.4 Å². The molecule has 0 spiro atoms. The summed E-state index contributed by atoms with van der Waals surface area (Å²) >= 11 is 0. The third-order valence-corrected chi connectivity index (χ3v) is 2.82. The molecule has 1 aromatic carbocycles. The number of hydrogen-bond donors (Lipinski definition) is 3. The highest BCUT2D eigenvalue weighted by molar-refractivity contribution is 6.01. The summed E-state index contributed by atoms with van der Waals surface area (Å²) in [6.45, 7) is 3.71. The lowest BCUT2D eigenvalue weighted by Crippen LogP contribution is -2.44. The zero-order valence-corrected chi connectivity index (χ0v) is 12.1. The van der Waals surface area contributed by atoms with Crippen LogP contribution in [0.25, 0.3) is 0 Å². The zero-order valence-electron chi connectivity index (χ0n) is 12.1. The van der Waals surface area contributed by atoms with Crippen molar-refractivity contribution in [2.75, 3.05) is 18.9 Å². The molecule has 0 aliphatic heterocycles. The molecule has 0 aliphatic rings. The third kappa shape index (κ3) is 4.16. The standard InChI is InChI=1S/C13H18N4O4/c1-4-15-12(18)8(2)16-13(19)10-7-9(14-3)5-6-11(10)17(20)21/h5-8,14H,4H2,1-3H3,(H,15,18)(H,16,19). The fourth-order valence-electron chi connectivity index (χ4n) is 1.70. The molecular weight excluding hydrogens is 276 g/mol. The average molecular weight is 294 g/mol. The van der Waals surface area contributed by atoms with Crippen molar-refractivity contribution in [2.24, 2.45) is 0 Å². The molecule has 0 saturated carbocycles. The third-order valence-electron chi connectivity index (χ3n) is 2.82. The lowest BCUT2D eigenvalue weighted by atomic mass is 10.1. The van der Waals surface area contributed by atoms with Crippen molar-refractivity contribution < 1.29 is 14.5 Å². The van der Waals surface area contributed by atoms with Crippen LogP contribution < -0.4 is 16.0 Å². The molecule has 0 fully saturated rings. The SMILES string of the molecule is CCNC(=O)C(C)NC(=O)c1cc(NC)ccc1[N+](=O)[O-]. The summed E-state index contributed by atoms with van der Waals surface area (Å²) in [5, 5.41) is 18.8. The van der Waals surface area contributed by atoms with E-state index < -0.39 is 16.9 Å². The highest BCUT2D eigenvalue weighted by atomic mass is 16.6. The quantitative estimate of drug-likeness (QED) is 0.532. The minimum Gasteiger partial charge on any atom is -0.388 e. The Kier molecular flexibility index (Phi) is 5.65. The molecule has 0 saturated heterocycles. The molecule has 3 N–H and O–H groups in total. The topological polar surface area (TPSA) is 113 Å². The predicted molar refractivity (Wildman–Crippen MR) is 78.3 cm³/mol. The van der Waals surface area contributed by atoms with Crippen LogP contribution in [0.3, 0.4) is 0 Å². The Morgan fingerprint density at radius 2 is 2.05 bits per heavy atom. The Balaban J connectivity index is 3.00. The molecule has 0 aromatic heterocycles. The van der Waals surface area contributed by atoms with E-state index in [0.717, 1.165) is 0 Å². The minimum atomic E-state index is -0.782. The van der Waals surface area contributed by atoms with Crippen molar-refractivity contribution in [3.8, 4) is 0 Å². The molecule has 0 radical (unpaired) electrons. The van der Waals surface area contributed by atoms with Crippen LogP contribution in [-0.2, 0) is 4.79 Å². The average Bonchev–Trinajstić information content (AvgIpc) is 2.46. The Morgan fingerprint density at radius 3 is 2.57 bits per heavy atom. The van der Waals surface area contributed by atoms with Crippen molar-refractivity contribution in [3.63, 3.8) is 0 Å². The normalized spacial score (nSPS) is 11.4. The van der Waals surface area contributed by atoms with E-state index in [2.05, 4.69) is 16.0 Å². The molecule has 0 aliphatic carbocycles. The number of hydrogen-bond acceptors (Lipinski definition) is 5. The largest absolute Gasteiger partial charge is 0.388 e. The molecule has 1 rings (SSSR count). The number of nitrogens with zero attached hydrogens (tertiary/aromatic N) is 1. The highest BCUT2D eigenvalue weighted by Crippen LogP contribution is 2.22. The van der Waals surface area contributed by atoms with Gasteiger partial charge in [0.1, 0.15) is 11.6 Å². The Labute approximate surface area is 122 Å². The van der Waals surface area contributed by atoms with Gasteiger partial charge in [-0.1, -0.05) is 0 Å². The van der Waals surface area contributed by atoms with Gasteiger partial charge in [-0.2, -0.15) is 0 Å². The van der Waals surface area contributed by atoms with Gasteiger partial charge in [-0.25, -0.2) is 0 Å². The van der Waals surface area contributed by atoms with Crippen LogP contribution in [0, 0.1) is 10.1 Å². The van der Waals surface area contributed by atoms with E-state index >= 15 is 0 Å². The van der Waals surface area contributed by atoms with Crippen LogP contribution in [0.2, 0.25) is 0 Å². The number of anilines is 1. The zero-order chi connectivity index (χ0) is 16.0. The number of likely N-dealkylation sites (N-methyl/N-ethyl adjacent to an activating group) is 1. The Morgan fingerprint density at radius 1 is 1.38 bits per heavy atom. The predicted octanol–water partition coefficient (Wildman–Crippen LogP) is 0.891. The molecule has 2 amide bonds.